The van der Waals surface area contributed by atoms with Crippen LogP contribution in [-0.2, 0) is 6.42 Å². The molecule has 3 rings (SSSR count). The van der Waals surface area contributed by atoms with Crippen molar-refractivity contribution in [1.82, 2.24) is 15.2 Å². The van der Waals surface area contributed by atoms with Crippen molar-refractivity contribution < 1.29 is 4.79 Å². The van der Waals surface area contributed by atoms with Crippen molar-refractivity contribution in [2.24, 2.45) is 0 Å². The van der Waals surface area contributed by atoms with E-state index in [0.717, 1.165) is 43.2 Å². The predicted molar refractivity (Wildman–Crippen MR) is 96.5 cm³/mol. The molecule has 23 heavy (non-hydrogen) atoms. The lowest BCUT2D eigenvalue weighted by Gasteiger charge is -2.34. The van der Waals surface area contributed by atoms with E-state index in [0.29, 0.717) is 0 Å². The maximum Gasteiger partial charge on any atom is 0.317 e. The van der Waals surface area contributed by atoms with E-state index >= 15 is 0 Å². The molecule has 1 aromatic heterocycles. The van der Waals surface area contributed by atoms with Gasteiger partial charge in [-0.3, -0.25) is 0 Å². The largest absolute Gasteiger partial charge is 0.345 e. The van der Waals surface area contributed by atoms with Crippen LogP contribution < -0.4 is 10.2 Å². The second-order valence-corrected chi connectivity index (χ2v) is 7.24. The summed E-state index contributed by atoms with van der Waals surface area (Å²) in [5.41, 5.74) is 2.42. The van der Waals surface area contributed by atoms with Crippen molar-refractivity contribution in [3.8, 4) is 0 Å². The summed E-state index contributed by atoms with van der Waals surface area (Å²) in [5.74, 6) is 0. The highest BCUT2D eigenvalue weighted by atomic mass is 32.1. The zero-order valence-corrected chi connectivity index (χ0v) is 14.8. The molecule has 2 amide bonds. The number of nitrogens with zero attached hydrogens (tertiary/aromatic N) is 3. The number of anilines is 1. The molecular weight excluding hydrogens is 308 g/mol. The molecule has 1 aromatic carbocycles. The number of thiazole rings is 1. The van der Waals surface area contributed by atoms with Gasteiger partial charge in [0, 0.05) is 32.2 Å². The fraction of sp³-hybridized carbons (Fsp3) is 0.529. The first-order valence-electron chi connectivity index (χ1n) is 8.26. The van der Waals surface area contributed by atoms with Crippen molar-refractivity contribution in [3.05, 3.63) is 23.8 Å². The Morgan fingerprint density at radius 2 is 2.04 bits per heavy atom. The van der Waals surface area contributed by atoms with Gasteiger partial charge in [-0.2, -0.15) is 0 Å². The first-order chi connectivity index (χ1) is 11.1. The second-order valence-electron chi connectivity index (χ2n) is 6.23. The van der Waals surface area contributed by atoms with Gasteiger partial charge in [-0.05, 0) is 38.0 Å². The molecule has 1 aliphatic rings. The average Bonchev–Trinajstić information content (AvgIpc) is 2.97. The van der Waals surface area contributed by atoms with Crippen LogP contribution in [0.2, 0.25) is 0 Å². The molecule has 1 fully saturated rings. The molecule has 6 heteroatoms. The van der Waals surface area contributed by atoms with E-state index in [1.165, 1.54) is 10.3 Å². The minimum Gasteiger partial charge on any atom is -0.345 e. The number of amides is 2. The van der Waals surface area contributed by atoms with Crippen molar-refractivity contribution in [2.75, 3.05) is 31.1 Å². The van der Waals surface area contributed by atoms with Gasteiger partial charge in [-0.25, -0.2) is 9.78 Å². The Kier molecular flexibility index (Phi) is 4.71. The molecule has 0 unspecified atom stereocenters. The van der Waals surface area contributed by atoms with Crippen LogP contribution in [0.1, 0.15) is 26.3 Å². The highest BCUT2D eigenvalue weighted by Gasteiger charge is 2.23. The Bertz CT molecular complexity index is 689. The standard InChI is InChI=1S/C17H24N4OS/c1-4-13-5-6-14-15(11-13)23-17(19-14)21-9-7-20(8-10-21)16(22)18-12(2)3/h5-6,11-12H,4,7-10H2,1-3H3,(H,18,22). The van der Waals surface area contributed by atoms with E-state index in [4.69, 9.17) is 4.98 Å². The van der Waals surface area contributed by atoms with Crippen LogP contribution in [0.5, 0.6) is 0 Å². The first-order valence-corrected chi connectivity index (χ1v) is 9.08. The summed E-state index contributed by atoms with van der Waals surface area (Å²) >= 11 is 1.75. The van der Waals surface area contributed by atoms with Crippen molar-refractivity contribution in [1.29, 1.82) is 0 Å². The molecule has 0 aliphatic carbocycles. The smallest absolute Gasteiger partial charge is 0.317 e. The molecule has 1 saturated heterocycles. The maximum atomic E-state index is 12.0. The van der Waals surface area contributed by atoms with Gasteiger partial charge in [-0.1, -0.05) is 24.3 Å². The van der Waals surface area contributed by atoms with Gasteiger partial charge in [0.1, 0.15) is 0 Å². The molecule has 0 atom stereocenters. The van der Waals surface area contributed by atoms with Crippen LogP contribution in [0, 0.1) is 0 Å². The second kappa shape index (κ2) is 6.74. The van der Waals surface area contributed by atoms with Crippen LogP contribution in [0.4, 0.5) is 9.93 Å². The summed E-state index contributed by atoms with van der Waals surface area (Å²) in [5, 5.41) is 4.02. The minimum atomic E-state index is 0.0385. The summed E-state index contributed by atoms with van der Waals surface area (Å²) in [7, 11) is 0. The average molecular weight is 332 g/mol. The summed E-state index contributed by atoms with van der Waals surface area (Å²) in [4.78, 5) is 21.0. The van der Waals surface area contributed by atoms with Crippen LogP contribution in [0.3, 0.4) is 0 Å². The Morgan fingerprint density at radius 3 is 2.70 bits per heavy atom. The van der Waals surface area contributed by atoms with Crippen molar-refractivity contribution in [2.45, 2.75) is 33.2 Å². The number of carbonyl (C=O) groups excluding carboxylic acids is 1. The molecule has 0 radical (unpaired) electrons. The SMILES string of the molecule is CCc1ccc2nc(N3CCN(C(=O)NC(C)C)CC3)sc2c1. The molecule has 5 nitrogen and oxygen atoms in total. The number of hydrogen-bond donors (Lipinski definition) is 1. The molecule has 2 heterocycles. The molecule has 124 valence electrons. The molecule has 0 saturated carbocycles. The molecule has 1 aliphatic heterocycles. The maximum absolute atomic E-state index is 12.0. The fourth-order valence-electron chi connectivity index (χ4n) is 2.75. The number of fused-ring (bicyclic) bond motifs is 1. The quantitative estimate of drug-likeness (QED) is 0.939. The monoisotopic (exact) mass is 332 g/mol. The number of piperazine rings is 1. The van der Waals surface area contributed by atoms with E-state index in [1.807, 2.05) is 18.7 Å². The summed E-state index contributed by atoms with van der Waals surface area (Å²) < 4.78 is 1.25. The van der Waals surface area contributed by atoms with Crippen molar-refractivity contribution in [3.63, 3.8) is 0 Å². The van der Waals surface area contributed by atoms with Crippen LogP contribution in [0.15, 0.2) is 18.2 Å². The first kappa shape index (κ1) is 16.1. The Labute approximate surface area is 141 Å². The summed E-state index contributed by atoms with van der Waals surface area (Å²) in [6, 6.07) is 6.72. The van der Waals surface area contributed by atoms with Gasteiger partial charge in [0.05, 0.1) is 10.2 Å². The number of rotatable bonds is 3. The normalized spacial score (nSPS) is 15.5. The van der Waals surface area contributed by atoms with Gasteiger partial charge >= 0.3 is 6.03 Å². The number of hydrogen-bond acceptors (Lipinski definition) is 4. The van der Waals surface area contributed by atoms with Gasteiger partial charge < -0.3 is 15.1 Å². The van der Waals surface area contributed by atoms with Crippen molar-refractivity contribution >= 4 is 32.7 Å². The van der Waals surface area contributed by atoms with Gasteiger partial charge in [0.2, 0.25) is 0 Å². The van der Waals surface area contributed by atoms with E-state index in [9.17, 15) is 4.79 Å². The predicted octanol–water partition coefficient (Wildman–Crippen LogP) is 3.10. The van der Waals surface area contributed by atoms with E-state index < -0.39 is 0 Å². The van der Waals surface area contributed by atoms with Crippen LogP contribution >= 0.6 is 11.3 Å². The Morgan fingerprint density at radius 1 is 1.30 bits per heavy atom. The third kappa shape index (κ3) is 3.58. The van der Waals surface area contributed by atoms with E-state index in [-0.39, 0.29) is 12.1 Å². The lowest BCUT2D eigenvalue weighted by atomic mass is 10.2. The van der Waals surface area contributed by atoms with Crippen LogP contribution in [-0.4, -0.2) is 48.1 Å². The number of benzene rings is 1. The number of carbonyl (C=O) groups is 1. The molecule has 0 bridgehead atoms. The molecule has 1 N–H and O–H groups in total. The van der Waals surface area contributed by atoms with Crippen LogP contribution in [0.25, 0.3) is 10.2 Å². The summed E-state index contributed by atoms with van der Waals surface area (Å²) in [6.07, 6.45) is 1.05. The van der Waals surface area contributed by atoms with E-state index in [1.54, 1.807) is 11.3 Å². The Hall–Kier alpha value is -1.82. The van der Waals surface area contributed by atoms with Gasteiger partial charge in [0.15, 0.2) is 5.13 Å². The van der Waals surface area contributed by atoms with E-state index in [2.05, 4.69) is 35.3 Å². The van der Waals surface area contributed by atoms with Gasteiger partial charge in [-0.15, -0.1) is 0 Å². The number of urea groups is 1. The third-order valence-corrected chi connectivity index (χ3v) is 5.18. The highest BCUT2D eigenvalue weighted by Crippen LogP contribution is 2.30. The number of aryl methyl sites for hydroxylation is 1. The fourth-order valence-corrected chi connectivity index (χ4v) is 3.83. The topological polar surface area (TPSA) is 48.5 Å². The number of aromatic nitrogens is 1. The molecule has 0 spiro atoms. The zero-order valence-electron chi connectivity index (χ0n) is 14.0. The zero-order chi connectivity index (χ0) is 16.4. The lowest BCUT2D eigenvalue weighted by molar-refractivity contribution is 0.192. The third-order valence-electron chi connectivity index (χ3n) is 4.10. The highest BCUT2D eigenvalue weighted by molar-refractivity contribution is 7.22. The minimum absolute atomic E-state index is 0.0385. The lowest BCUT2D eigenvalue weighted by Crippen LogP contribution is -2.52. The summed E-state index contributed by atoms with van der Waals surface area (Å²) in [6.45, 7) is 9.31. The number of nitrogens with one attached hydrogen (secondary N) is 1. The Balaban J connectivity index is 1.66. The molecule has 2 aromatic rings. The van der Waals surface area contributed by atoms with Gasteiger partial charge in [0.25, 0.3) is 0 Å². The molecular formula is C17H24N4OS.